The number of benzene rings is 3. The SMILES string of the molecule is CCOC(=N)c1ccc2[nH]nc(-c3ccc4cc(OCC)ccc4c3)c2c1.Cl.Cl. The predicted octanol–water partition coefficient (Wildman–Crippen LogP) is 5.99. The molecule has 4 aromatic rings. The molecule has 0 saturated heterocycles. The van der Waals surface area contributed by atoms with Gasteiger partial charge in [-0.25, -0.2) is 0 Å². The van der Waals surface area contributed by atoms with E-state index in [-0.39, 0.29) is 30.7 Å². The average Bonchev–Trinajstić information content (AvgIpc) is 3.11. The quantitative estimate of drug-likeness (QED) is 0.301. The summed E-state index contributed by atoms with van der Waals surface area (Å²) in [6.45, 7) is 4.99. The molecule has 0 amide bonds. The molecule has 0 atom stereocenters. The fourth-order valence-corrected chi connectivity index (χ4v) is 3.23. The van der Waals surface area contributed by atoms with E-state index < -0.39 is 0 Å². The highest BCUT2D eigenvalue weighted by Gasteiger charge is 2.12. The van der Waals surface area contributed by atoms with Crippen LogP contribution in [-0.4, -0.2) is 29.3 Å². The molecule has 0 spiro atoms. The highest BCUT2D eigenvalue weighted by molar-refractivity contribution is 6.01. The van der Waals surface area contributed by atoms with E-state index in [1.165, 1.54) is 0 Å². The van der Waals surface area contributed by atoms with Gasteiger partial charge in [0.05, 0.1) is 24.4 Å². The second kappa shape index (κ2) is 9.63. The zero-order chi connectivity index (χ0) is 18.8. The van der Waals surface area contributed by atoms with Gasteiger partial charge in [-0.2, -0.15) is 5.10 Å². The Balaban J connectivity index is 0.00000150. The van der Waals surface area contributed by atoms with Crippen LogP contribution in [0.4, 0.5) is 0 Å². The number of hydrogen-bond donors (Lipinski definition) is 2. The number of hydrogen-bond acceptors (Lipinski definition) is 4. The Hall–Kier alpha value is -2.76. The van der Waals surface area contributed by atoms with E-state index >= 15 is 0 Å². The minimum atomic E-state index is 0. The number of nitrogens with zero attached hydrogens (tertiary/aromatic N) is 1. The molecule has 0 unspecified atom stereocenters. The van der Waals surface area contributed by atoms with E-state index in [1.54, 1.807) is 0 Å². The first kappa shape index (κ1) is 22.5. The Morgan fingerprint density at radius 3 is 2.45 bits per heavy atom. The summed E-state index contributed by atoms with van der Waals surface area (Å²) in [4.78, 5) is 0. The molecule has 152 valence electrons. The van der Waals surface area contributed by atoms with Crippen molar-refractivity contribution in [2.75, 3.05) is 13.2 Å². The number of H-pyrrole nitrogens is 1. The second-order valence-corrected chi connectivity index (χ2v) is 6.25. The predicted molar refractivity (Wildman–Crippen MR) is 123 cm³/mol. The van der Waals surface area contributed by atoms with Gasteiger partial charge < -0.3 is 9.47 Å². The molecule has 1 aromatic heterocycles. The third kappa shape index (κ3) is 4.47. The van der Waals surface area contributed by atoms with E-state index in [0.29, 0.717) is 13.2 Å². The second-order valence-electron chi connectivity index (χ2n) is 6.25. The summed E-state index contributed by atoms with van der Waals surface area (Å²) in [5.74, 6) is 1.05. The molecule has 5 nitrogen and oxygen atoms in total. The molecule has 0 bridgehead atoms. The standard InChI is InChI=1S/C22H21N3O2.2ClH/c1-3-26-18-9-7-14-11-16(6-5-15(14)12-18)21-19-13-17(22(23)27-4-2)8-10-20(19)24-25-21;;/h5-13,23H,3-4H2,1-2H3,(H,24,25);2*1H. The Morgan fingerprint density at radius 1 is 0.931 bits per heavy atom. The van der Waals surface area contributed by atoms with Crippen LogP contribution in [-0.2, 0) is 4.74 Å². The van der Waals surface area contributed by atoms with Crippen LogP contribution >= 0.6 is 24.8 Å². The first-order chi connectivity index (χ1) is 13.2. The first-order valence-electron chi connectivity index (χ1n) is 9.06. The number of halogens is 2. The van der Waals surface area contributed by atoms with Crippen molar-refractivity contribution < 1.29 is 9.47 Å². The smallest absolute Gasteiger partial charge is 0.213 e. The Kier molecular flexibility index (Phi) is 7.48. The lowest BCUT2D eigenvalue weighted by atomic mass is 10.0. The Morgan fingerprint density at radius 2 is 1.69 bits per heavy atom. The summed E-state index contributed by atoms with van der Waals surface area (Å²) in [5, 5.41) is 18.8. The lowest BCUT2D eigenvalue weighted by Gasteiger charge is -2.07. The largest absolute Gasteiger partial charge is 0.494 e. The molecular weight excluding hydrogens is 409 g/mol. The van der Waals surface area contributed by atoms with Gasteiger partial charge in [-0.1, -0.05) is 18.2 Å². The van der Waals surface area contributed by atoms with Crippen LogP contribution in [0.2, 0.25) is 0 Å². The Labute approximate surface area is 181 Å². The van der Waals surface area contributed by atoms with Crippen LogP contribution in [0.15, 0.2) is 54.6 Å². The molecule has 7 heteroatoms. The number of aromatic nitrogens is 2. The van der Waals surface area contributed by atoms with E-state index in [4.69, 9.17) is 14.9 Å². The van der Waals surface area contributed by atoms with E-state index in [2.05, 4.69) is 34.5 Å². The fourth-order valence-electron chi connectivity index (χ4n) is 3.23. The van der Waals surface area contributed by atoms with Gasteiger partial charge in [-0.15, -0.1) is 24.8 Å². The van der Waals surface area contributed by atoms with Gasteiger partial charge in [-0.3, -0.25) is 10.5 Å². The molecular formula is C22H23Cl2N3O2. The molecule has 2 N–H and O–H groups in total. The molecule has 29 heavy (non-hydrogen) atoms. The van der Waals surface area contributed by atoms with Crippen LogP contribution in [0.5, 0.6) is 5.75 Å². The summed E-state index contributed by atoms with van der Waals surface area (Å²) in [6.07, 6.45) is 0. The number of rotatable bonds is 5. The fraction of sp³-hybridized carbons (Fsp3) is 0.182. The molecule has 0 aliphatic heterocycles. The summed E-state index contributed by atoms with van der Waals surface area (Å²) in [5.41, 5.74) is 3.57. The van der Waals surface area contributed by atoms with E-state index in [0.717, 1.165) is 44.2 Å². The van der Waals surface area contributed by atoms with E-state index in [1.807, 2.05) is 44.2 Å². The molecule has 0 saturated carbocycles. The van der Waals surface area contributed by atoms with Crippen LogP contribution in [0.1, 0.15) is 19.4 Å². The van der Waals surface area contributed by atoms with Crippen LogP contribution < -0.4 is 4.74 Å². The van der Waals surface area contributed by atoms with E-state index in [9.17, 15) is 0 Å². The van der Waals surface area contributed by atoms with Crippen LogP contribution in [0.25, 0.3) is 32.9 Å². The van der Waals surface area contributed by atoms with Crippen molar-refractivity contribution in [2.24, 2.45) is 0 Å². The number of ether oxygens (including phenoxy) is 2. The maximum atomic E-state index is 8.03. The molecule has 0 aliphatic carbocycles. The summed E-state index contributed by atoms with van der Waals surface area (Å²) in [6, 6.07) is 18.1. The van der Waals surface area contributed by atoms with Crippen molar-refractivity contribution in [1.29, 1.82) is 5.41 Å². The van der Waals surface area contributed by atoms with Crippen molar-refractivity contribution in [1.82, 2.24) is 10.2 Å². The van der Waals surface area contributed by atoms with Crippen molar-refractivity contribution in [3.63, 3.8) is 0 Å². The van der Waals surface area contributed by atoms with Gasteiger partial charge in [0.25, 0.3) is 0 Å². The summed E-state index contributed by atoms with van der Waals surface area (Å²) in [7, 11) is 0. The van der Waals surface area contributed by atoms with Gasteiger partial charge in [0, 0.05) is 16.5 Å². The Bertz CT molecular complexity index is 1140. The molecule has 1 heterocycles. The topological polar surface area (TPSA) is 71.0 Å². The highest BCUT2D eigenvalue weighted by atomic mass is 35.5. The van der Waals surface area contributed by atoms with Crippen LogP contribution in [0.3, 0.4) is 0 Å². The minimum Gasteiger partial charge on any atom is -0.494 e. The lowest BCUT2D eigenvalue weighted by molar-refractivity contribution is 0.325. The van der Waals surface area contributed by atoms with Crippen molar-refractivity contribution in [2.45, 2.75) is 13.8 Å². The molecule has 4 rings (SSSR count). The lowest BCUT2D eigenvalue weighted by Crippen LogP contribution is -2.04. The summed E-state index contributed by atoms with van der Waals surface area (Å²) < 4.78 is 10.9. The van der Waals surface area contributed by atoms with Crippen LogP contribution in [0, 0.1) is 5.41 Å². The normalized spacial score (nSPS) is 10.3. The van der Waals surface area contributed by atoms with Gasteiger partial charge in [-0.05, 0) is 61.0 Å². The zero-order valence-electron chi connectivity index (χ0n) is 16.2. The monoisotopic (exact) mass is 431 g/mol. The maximum Gasteiger partial charge on any atom is 0.213 e. The first-order valence-corrected chi connectivity index (χ1v) is 9.06. The zero-order valence-corrected chi connectivity index (χ0v) is 17.8. The van der Waals surface area contributed by atoms with Crippen molar-refractivity contribution in [3.8, 4) is 17.0 Å². The molecule has 0 fully saturated rings. The third-order valence-corrected chi connectivity index (χ3v) is 4.51. The number of aromatic amines is 1. The van der Waals surface area contributed by atoms with Crippen molar-refractivity contribution >= 4 is 52.4 Å². The maximum absolute atomic E-state index is 8.03. The molecule has 0 aliphatic rings. The van der Waals surface area contributed by atoms with Gasteiger partial charge >= 0.3 is 0 Å². The summed E-state index contributed by atoms with van der Waals surface area (Å²) >= 11 is 0. The highest BCUT2D eigenvalue weighted by Crippen LogP contribution is 2.31. The van der Waals surface area contributed by atoms with Gasteiger partial charge in [0.1, 0.15) is 5.75 Å². The minimum absolute atomic E-state index is 0. The number of nitrogens with one attached hydrogen (secondary N) is 2. The number of fused-ring (bicyclic) bond motifs is 2. The van der Waals surface area contributed by atoms with Gasteiger partial charge in [0.15, 0.2) is 0 Å². The van der Waals surface area contributed by atoms with Gasteiger partial charge in [0.2, 0.25) is 5.90 Å². The third-order valence-electron chi connectivity index (χ3n) is 4.51. The molecule has 3 aromatic carbocycles. The molecule has 0 radical (unpaired) electrons. The average molecular weight is 432 g/mol. The van der Waals surface area contributed by atoms with Crippen molar-refractivity contribution in [3.05, 3.63) is 60.2 Å².